The Morgan fingerprint density at radius 1 is 1.17 bits per heavy atom. The van der Waals surface area contributed by atoms with E-state index in [4.69, 9.17) is 9.15 Å². The van der Waals surface area contributed by atoms with Crippen LogP contribution in [0.5, 0.6) is 0 Å². The number of carbonyl (C=O) groups is 2. The van der Waals surface area contributed by atoms with Crippen LogP contribution < -0.4 is 5.32 Å². The normalized spacial score (nSPS) is 14.5. The number of rotatable bonds is 3. The highest BCUT2D eigenvalue weighted by molar-refractivity contribution is 6.06. The van der Waals surface area contributed by atoms with E-state index in [1.54, 1.807) is 36.1 Å². The molecule has 6 nitrogen and oxygen atoms in total. The van der Waals surface area contributed by atoms with Crippen molar-refractivity contribution >= 4 is 17.5 Å². The van der Waals surface area contributed by atoms with Gasteiger partial charge in [0.05, 0.1) is 18.8 Å². The molecule has 0 bridgehead atoms. The molecule has 0 aliphatic carbocycles. The zero-order valence-electron chi connectivity index (χ0n) is 13.8. The number of nitrogens with one attached hydrogen (secondary N) is 1. The second-order valence-electron chi connectivity index (χ2n) is 5.78. The van der Waals surface area contributed by atoms with Crippen LogP contribution in [0, 0.1) is 13.8 Å². The van der Waals surface area contributed by atoms with E-state index in [0.717, 1.165) is 5.56 Å². The van der Waals surface area contributed by atoms with Crippen LogP contribution in [0.15, 0.2) is 34.9 Å². The summed E-state index contributed by atoms with van der Waals surface area (Å²) in [7, 11) is 0. The first kappa shape index (κ1) is 16.3. The number of ether oxygens (including phenoxy) is 1. The van der Waals surface area contributed by atoms with Gasteiger partial charge in [-0.25, -0.2) is 0 Å². The van der Waals surface area contributed by atoms with Crippen LogP contribution in [0.25, 0.3) is 0 Å². The number of aryl methyl sites for hydroxylation is 1. The first-order chi connectivity index (χ1) is 11.6. The van der Waals surface area contributed by atoms with E-state index in [-0.39, 0.29) is 11.8 Å². The number of anilines is 1. The Labute approximate surface area is 140 Å². The molecule has 0 unspecified atom stereocenters. The molecule has 0 spiro atoms. The van der Waals surface area contributed by atoms with Gasteiger partial charge in [-0.1, -0.05) is 6.07 Å². The molecular formula is C18H20N2O4. The zero-order chi connectivity index (χ0) is 17.1. The summed E-state index contributed by atoms with van der Waals surface area (Å²) in [6.07, 6.45) is 1.42. The number of amides is 2. The van der Waals surface area contributed by atoms with Crippen LogP contribution in [0.3, 0.4) is 0 Å². The fraction of sp³-hybridized carbons (Fsp3) is 0.333. The van der Waals surface area contributed by atoms with E-state index in [0.29, 0.717) is 48.9 Å². The number of carbonyl (C=O) groups excluding carboxylic acids is 2. The zero-order valence-corrected chi connectivity index (χ0v) is 13.8. The van der Waals surface area contributed by atoms with E-state index in [1.807, 2.05) is 6.92 Å². The van der Waals surface area contributed by atoms with Crippen molar-refractivity contribution in [3.63, 3.8) is 0 Å². The lowest BCUT2D eigenvalue weighted by atomic mass is 10.0. The summed E-state index contributed by atoms with van der Waals surface area (Å²) in [5, 5.41) is 2.84. The SMILES string of the molecule is Cc1cc(C(=O)Nc2cccc(C(=O)N3CCOCC3)c2C)co1. The molecule has 24 heavy (non-hydrogen) atoms. The van der Waals surface area contributed by atoms with Gasteiger partial charge < -0.3 is 19.4 Å². The molecule has 0 radical (unpaired) electrons. The quantitative estimate of drug-likeness (QED) is 0.940. The average molecular weight is 328 g/mol. The molecule has 0 atom stereocenters. The van der Waals surface area contributed by atoms with Gasteiger partial charge in [0.2, 0.25) is 0 Å². The van der Waals surface area contributed by atoms with Gasteiger partial charge in [-0.15, -0.1) is 0 Å². The lowest BCUT2D eigenvalue weighted by Crippen LogP contribution is -2.41. The van der Waals surface area contributed by atoms with Crippen molar-refractivity contribution in [2.75, 3.05) is 31.6 Å². The van der Waals surface area contributed by atoms with Crippen LogP contribution in [-0.4, -0.2) is 43.0 Å². The van der Waals surface area contributed by atoms with Crippen LogP contribution >= 0.6 is 0 Å². The highest BCUT2D eigenvalue weighted by atomic mass is 16.5. The molecule has 3 rings (SSSR count). The number of benzene rings is 1. The molecule has 1 aliphatic rings. The molecule has 1 aliphatic heterocycles. The Morgan fingerprint density at radius 3 is 2.58 bits per heavy atom. The second-order valence-corrected chi connectivity index (χ2v) is 5.78. The number of hydrogen-bond donors (Lipinski definition) is 1. The van der Waals surface area contributed by atoms with Gasteiger partial charge in [-0.2, -0.15) is 0 Å². The van der Waals surface area contributed by atoms with Crippen molar-refractivity contribution in [3.8, 4) is 0 Å². The molecule has 1 aromatic carbocycles. The maximum Gasteiger partial charge on any atom is 0.258 e. The maximum absolute atomic E-state index is 12.7. The van der Waals surface area contributed by atoms with E-state index in [2.05, 4.69) is 5.32 Å². The molecule has 2 amide bonds. The predicted molar refractivity (Wildman–Crippen MR) is 89.3 cm³/mol. The monoisotopic (exact) mass is 328 g/mol. The fourth-order valence-electron chi connectivity index (χ4n) is 2.70. The Morgan fingerprint density at radius 2 is 1.92 bits per heavy atom. The third kappa shape index (κ3) is 3.33. The van der Waals surface area contributed by atoms with Crippen molar-refractivity contribution in [2.45, 2.75) is 13.8 Å². The number of hydrogen-bond acceptors (Lipinski definition) is 4. The minimum absolute atomic E-state index is 0.0361. The Bertz CT molecular complexity index is 760. The number of nitrogens with zero attached hydrogens (tertiary/aromatic N) is 1. The Kier molecular flexibility index (Phi) is 4.66. The van der Waals surface area contributed by atoms with E-state index in [9.17, 15) is 9.59 Å². The van der Waals surface area contributed by atoms with Gasteiger partial charge in [0.1, 0.15) is 12.0 Å². The van der Waals surface area contributed by atoms with Crippen LogP contribution in [-0.2, 0) is 4.74 Å². The molecule has 1 fully saturated rings. The van der Waals surface area contributed by atoms with Crippen LogP contribution in [0.4, 0.5) is 5.69 Å². The summed E-state index contributed by atoms with van der Waals surface area (Å²) in [5.74, 6) is 0.380. The van der Waals surface area contributed by atoms with Crippen molar-refractivity contribution in [1.29, 1.82) is 0 Å². The van der Waals surface area contributed by atoms with Crippen molar-refractivity contribution < 1.29 is 18.7 Å². The second kappa shape index (κ2) is 6.88. The minimum atomic E-state index is -0.258. The van der Waals surface area contributed by atoms with E-state index in [1.165, 1.54) is 6.26 Å². The van der Waals surface area contributed by atoms with Crippen LogP contribution in [0.1, 0.15) is 32.0 Å². The summed E-state index contributed by atoms with van der Waals surface area (Å²) in [4.78, 5) is 26.7. The third-order valence-electron chi connectivity index (χ3n) is 4.10. The lowest BCUT2D eigenvalue weighted by molar-refractivity contribution is 0.0302. The summed E-state index contributed by atoms with van der Waals surface area (Å²) >= 11 is 0. The Hall–Kier alpha value is -2.60. The van der Waals surface area contributed by atoms with E-state index < -0.39 is 0 Å². The summed E-state index contributed by atoms with van der Waals surface area (Å²) in [6, 6.07) is 7.02. The first-order valence-corrected chi connectivity index (χ1v) is 7.89. The highest BCUT2D eigenvalue weighted by Crippen LogP contribution is 2.22. The lowest BCUT2D eigenvalue weighted by Gasteiger charge is -2.27. The molecule has 1 saturated heterocycles. The van der Waals surface area contributed by atoms with Gasteiger partial charge in [-0.05, 0) is 37.6 Å². The molecule has 2 heterocycles. The van der Waals surface area contributed by atoms with Crippen molar-refractivity contribution in [2.24, 2.45) is 0 Å². The highest BCUT2D eigenvalue weighted by Gasteiger charge is 2.21. The molecule has 2 aromatic rings. The van der Waals surface area contributed by atoms with Gasteiger partial charge in [0, 0.05) is 24.3 Å². The predicted octanol–water partition coefficient (Wildman–Crippen LogP) is 2.62. The minimum Gasteiger partial charge on any atom is -0.469 e. The molecule has 1 N–H and O–H groups in total. The molecular weight excluding hydrogens is 308 g/mol. The average Bonchev–Trinajstić information content (AvgIpc) is 3.03. The third-order valence-corrected chi connectivity index (χ3v) is 4.10. The summed E-state index contributed by atoms with van der Waals surface area (Å²) in [5.41, 5.74) is 2.43. The first-order valence-electron chi connectivity index (χ1n) is 7.89. The smallest absolute Gasteiger partial charge is 0.258 e. The van der Waals surface area contributed by atoms with Crippen molar-refractivity contribution in [1.82, 2.24) is 4.90 Å². The summed E-state index contributed by atoms with van der Waals surface area (Å²) in [6.45, 7) is 5.90. The molecule has 1 aromatic heterocycles. The van der Waals surface area contributed by atoms with Crippen LogP contribution in [0.2, 0.25) is 0 Å². The largest absolute Gasteiger partial charge is 0.469 e. The molecule has 6 heteroatoms. The van der Waals surface area contributed by atoms with E-state index >= 15 is 0 Å². The molecule has 126 valence electrons. The maximum atomic E-state index is 12.7. The van der Waals surface area contributed by atoms with Gasteiger partial charge in [-0.3, -0.25) is 9.59 Å². The van der Waals surface area contributed by atoms with Gasteiger partial charge in [0.25, 0.3) is 11.8 Å². The van der Waals surface area contributed by atoms with Gasteiger partial charge >= 0.3 is 0 Å². The topological polar surface area (TPSA) is 71.8 Å². The number of furan rings is 1. The fourth-order valence-corrected chi connectivity index (χ4v) is 2.70. The van der Waals surface area contributed by atoms with Crippen molar-refractivity contribution in [3.05, 3.63) is 53.0 Å². The molecule has 0 saturated carbocycles. The van der Waals surface area contributed by atoms with Gasteiger partial charge in [0.15, 0.2) is 0 Å². The Balaban J connectivity index is 1.80. The standard InChI is InChI=1S/C18H20N2O4/c1-12-10-14(11-24-12)17(21)19-16-5-3-4-15(13(16)2)18(22)20-6-8-23-9-7-20/h3-5,10-11H,6-9H2,1-2H3,(H,19,21). The number of morpholine rings is 1. The summed E-state index contributed by atoms with van der Waals surface area (Å²) < 4.78 is 10.4.